The van der Waals surface area contributed by atoms with Gasteiger partial charge in [0.2, 0.25) is 11.8 Å². The number of hydrogen-bond acceptors (Lipinski definition) is 3. The summed E-state index contributed by atoms with van der Waals surface area (Å²) in [5, 5.41) is 9.07. The molecule has 1 saturated carbocycles. The van der Waals surface area contributed by atoms with E-state index in [2.05, 4.69) is 22.9 Å². The van der Waals surface area contributed by atoms with Crippen molar-refractivity contribution < 1.29 is 9.59 Å². The molecule has 1 aromatic carbocycles. The number of rotatable bonds is 5. The molecule has 126 valence electrons. The third kappa shape index (κ3) is 5.36. The summed E-state index contributed by atoms with van der Waals surface area (Å²) in [6.07, 6.45) is 4.91. The van der Waals surface area contributed by atoms with Gasteiger partial charge in [0.1, 0.15) is 0 Å². The normalized spacial score (nSPS) is 22.2. The van der Waals surface area contributed by atoms with Crippen molar-refractivity contribution in [2.45, 2.75) is 58.5 Å². The van der Waals surface area contributed by atoms with E-state index in [9.17, 15) is 9.59 Å². The predicted molar refractivity (Wildman–Crippen MR) is 93.4 cm³/mol. The van der Waals surface area contributed by atoms with Gasteiger partial charge in [0, 0.05) is 24.3 Å². The summed E-state index contributed by atoms with van der Waals surface area (Å²) in [5.41, 5.74) is 1.45. The maximum atomic E-state index is 12.3. The second-order valence-corrected chi connectivity index (χ2v) is 6.50. The highest BCUT2D eigenvalue weighted by atomic mass is 16.2. The minimum atomic E-state index is -0.226. The molecule has 0 spiro atoms. The summed E-state index contributed by atoms with van der Waals surface area (Å²) in [7, 11) is 0. The minimum Gasteiger partial charge on any atom is -0.326 e. The van der Waals surface area contributed by atoms with Gasteiger partial charge in [-0.05, 0) is 49.9 Å². The van der Waals surface area contributed by atoms with Crippen molar-refractivity contribution in [2.75, 3.05) is 10.6 Å². The van der Waals surface area contributed by atoms with Gasteiger partial charge in [0.05, 0.1) is 6.04 Å². The first kappa shape index (κ1) is 17.5. The highest BCUT2D eigenvalue weighted by Gasteiger charge is 2.24. The molecule has 3 atom stereocenters. The third-order valence-corrected chi connectivity index (χ3v) is 4.44. The van der Waals surface area contributed by atoms with E-state index in [1.165, 1.54) is 26.2 Å². The molecule has 5 nitrogen and oxygen atoms in total. The van der Waals surface area contributed by atoms with E-state index in [1.807, 2.05) is 6.92 Å². The molecule has 0 bridgehead atoms. The van der Waals surface area contributed by atoms with E-state index < -0.39 is 0 Å². The van der Waals surface area contributed by atoms with Crippen molar-refractivity contribution in [1.82, 2.24) is 5.32 Å². The fraction of sp³-hybridized carbons (Fsp3) is 0.556. The third-order valence-electron chi connectivity index (χ3n) is 4.44. The van der Waals surface area contributed by atoms with Crippen LogP contribution in [0.1, 0.15) is 46.5 Å². The Morgan fingerprint density at radius 3 is 2.17 bits per heavy atom. The largest absolute Gasteiger partial charge is 0.326 e. The number of carbonyl (C=O) groups excluding carboxylic acids is 2. The average Bonchev–Trinajstić information content (AvgIpc) is 2.51. The van der Waals surface area contributed by atoms with Gasteiger partial charge >= 0.3 is 0 Å². The van der Waals surface area contributed by atoms with Crippen LogP contribution in [0, 0.1) is 5.92 Å². The number of amides is 2. The SMILES string of the molecule is CC(=O)Nc1ccc(NC(=O)[C@H](C)N[C@@H]2CCCC[C@@H]2C)cc1. The predicted octanol–water partition coefficient (Wildman–Crippen LogP) is 3.14. The molecule has 5 heteroatoms. The lowest BCUT2D eigenvalue weighted by atomic mass is 9.85. The molecule has 2 amide bonds. The van der Waals surface area contributed by atoms with Gasteiger partial charge in [0.15, 0.2) is 0 Å². The Hall–Kier alpha value is -1.88. The van der Waals surface area contributed by atoms with Crippen molar-refractivity contribution in [1.29, 1.82) is 0 Å². The van der Waals surface area contributed by atoms with Crippen molar-refractivity contribution in [3.63, 3.8) is 0 Å². The molecular formula is C18H27N3O2. The van der Waals surface area contributed by atoms with Gasteiger partial charge in [-0.25, -0.2) is 0 Å². The molecule has 0 unspecified atom stereocenters. The Bertz CT molecular complexity index is 542. The highest BCUT2D eigenvalue weighted by Crippen LogP contribution is 2.24. The van der Waals surface area contributed by atoms with Crippen LogP contribution in [0.4, 0.5) is 11.4 Å². The topological polar surface area (TPSA) is 70.2 Å². The Labute approximate surface area is 138 Å². The van der Waals surface area contributed by atoms with Gasteiger partial charge < -0.3 is 16.0 Å². The van der Waals surface area contributed by atoms with Crippen LogP contribution in [0.2, 0.25) is 0 Å². The van der Waals surface area contributed by atoms with Crippen LogP contribution >= 0.6 is 0 Å². The van der Waals surface area contributed by atoms with E-state index in [1.54, 1.807) is 24.3 Å². The Kier molecular flexibility index (Phi) is 6.16. The van der Waals surface area contributed by atoms with Crippen LogP contribution in [-0.4, -0.2) is 23.9 Å². The maximum Gasteiger partial charge on any atom is 0.241 e. The lowest BCUT2D eigenvalue weighted by molar-refractivity contribution is -0.118. The molecule has 0 radical (unpaired) electrons. The standard InChI is InChI=1S/C18H27N3O2/c1-12-6-4-5-7-17(12)19-13(2)18(23)21-16-10-8-15(9-11-16)20-14(3)22/h8-13,17,19H,4-7H2,1-3H3,(H,20,22)(H,21,23)/t12-,13-,17+/m0/s1. The second kappa shape index (κ2) is 8.11. The number of carbonyl (C=O) groups is 2. The van der Waals surface area contributed by atoms with Crippen LogP contribution in [0.3, 0.4) is 0 Å². The molecule has 23 heavy (non-hydrogen) atoms. The Morgan fingerprint density at radius 2 is 1.61 bits per heavy atom. The number of benzene rings is 1. The van der Waals surface area contributed by atoms with Crippen molar-refractivity contribution >= 4 is 23.2 Å². The van der Waals surface area contributed by atoms with Crippen molar-refractivity contribution in [2.24, 2.45) is 5.92 Å². The number of hydrogen-bond donors (Lipinski definition) is 3. The number of nitrogens with one attached hydrogen (secondary N) is 3. The summed E-state index contributed by atoms with van der Waals surface area (Å²) in [5.74, 6) is 0.479. The zero-order valence-electron chi connectivity index (χ0n) is 14.2. The van der Waals surface area contributed by atoms with Crippen LogP contribution < -0.4 is 16.0 Å². The van der Waals surface area contributed by atoms with Crippen molar-refractivity contribution in [3.8, 4) is 0 Å². The summed E-state index contributed by atoms with van der Waals surface area (Å²) >= 11 is 0. The number of anilines is 2. The van der Waals surface area contributed by atoms with Crippen LogP contribution in [0.15, 0.2) is 24.3 Å². The fourth-order valence-corrected chi connectivity index (χ4v) is 3.05. The van der Waals surface area contributed by atoms with Gasteiger partial charge in [-0.2, -0.15) is 0 Å². The molecule has 3 N–H and O–H groups in total. The summed E-state index contributed by atoms with van der Waals surface area (Å²) in [4.78, 5) is 23.3. The van der Waals surface area contributed by atoms with Crippen LogP contribution in [0.5, 0.6) is 0 Å². The zero-order chi connectivity index (χ0) is 16.8. The molecule has 1 aliphatic rings. The van der Waals surface area contributed by atoms with Gasteiger partial charge in [-0.3, -0.25) is 9.59 Å². The maximum absolute atomic E-state index is 12.3. The van der Waals surface area contributed by atoms with Crippen LogP contribution in [-0.2, 0) is 9.59 Å². The van der Waals surface area contributed by atoms with E-state index >= 15 is 0 Å². The molecule has 0 aromatic heterocycles. The van der Waals surface area contributed by atoms with Crippen LogP contribution in [0.25, 0.3) is 0 Å². The molecule has 0 saturated heterocycles. The van der Waals surface area contributed by atoms with Crippen molar-refractivity contribution in [3.05, 3.63) is 24.3 Å². The first-order valence-corrected chi connectivity index (χ1v) is 8.40. The van der Waals surface area contributed by atoms with Gasteiger partial charge in [-0.1, -0.05) is 19.8 Å². The lowest BCUT2D eigenvalue weighted by Gasteiger charge is -2.31. The molecule has 0 heterocycles. The second-order valence-electron chi connectivity index (χ2n) is 6.50. The zero-order valence-corrected chi connectivity index (χ0v) is 14.2. The quantitative estimate of drug-likeness (QED) is 0.781. The van der Waals surface area contributed by atoms with E-state index in [0.717, 1.165) is 17.8 Å². The van der Waals surface area contributed by atoms with E-state index in [-0.39, 0.29) is 17.9 Å². The van der Waals surface area contributed by atoms with E-state index in [4.69, 9.17) is 0 Å². The molecule has 0 aliphatic heterocycles. The average molecular weight is 317 g/mol. The first-order valence-electron chi connectivity index (χ1n) is 8.40. The summed E-state index contributed by atoms with van der Waals surface area (Å²) in [6.45, 7) is 5.62. The highest BCUT2D eigenvalue weighted by molar-refractivity contribution is 5.95. The van der Waals surface area contributed by atoms with Gasteiger partial charge in [0.25, 0.3) is 0 Å². The van der Waals surface area contributed by atoms with Gasteiger partial charge in [-0.15, -0.1) is 0 Å². The monoisotopic (exact) mass is 317 g/mol. The molecule has 1 fully saturated rings. The summed E-state index contributed by atoms with van der Waals surface area (Å²) < 4.78 is 0. The Morgan fingerprint density at radius 1 is 1.04 bits per heavy atom. The van der Waals surface area contributed by atoms with E-state index in [0.29, 0.717) is 12.0 Å². The molecular weight excluding hydrogens is 290 g/mol. The smallest absolute Gasteiger partial charge is 0.241 e. The fourth-order valence-electron chi connectivity index (χ4n) is 3.05. The molecule has 1 aromatic rings. The lowest BCUT2D eigenvalue weighted by Crippen LogP contribution is -2.47. The summed E-state index contributed by atoms with van der Waals surface area (Å²) in [6, 6.07) is 7.33. The first-order chi connectivity index (χ1) is 11.0. The Balaban J connectivity index is 1.86. The molecule has 2 rings (SSSR count). The minimum absolute atomic E-state index is 0.0324. The molecule has 1 aliphatic carbocycles.